The number of anilines is 1. The molecule has 0 radical (unpaired) electrons. The van der Waals surface area contributed by atoms with Gasteiger partial charge in [-0.1, -0.05) is 6.08 Å². The Morgan fingerprint density at radius 2 is 2.43 bits per heavy atom. The lowest BCUT2D eigenvalue weighted by molar-refractivity contribution is 1.29. The molecule has 0 saturated heterocycles. The minimum atomic E-state index is 0.761. The molecule has 0 aliphatic heterocycles. The second-order valence-corrected chi connectivity index (χ2v) is 4.36. The van der Waals surface area contributed by atoms with E-state index < -0.39 is 0 Å². The fourth-order valence-electron chi connectivity index (χ4n) is 1.06. The Morgan fingerprint density at radius 3 is 3.14 bits per heavy atom. The van der Waals surface area contributed by atoms with Crippen molar-refractivity contribution >= 4 is 27.8 Å². The van der Waals surface area contributed by atoms with E-state index >= 15 is 0 Å². The number of hydrogen-bond donors (Lipinski definition) is 1. The van der Waals surface area contributed by atoms with Gasteiger partial charge in [0.25, 0.3) is 0 Å². The fraction of sp³-hybridized carbons (Fsp3) is 0.100. The Bertz CT molecular complexity index is 403. The number of rotatable bonds is 4. The quantitative estimate of drug-likeness (QED) is 0.801. The van der Waals surface area contributed by atoms with Gasteiger partial charge in [0.1, 0.15) is 0 Å². The molecule has 0 aromatic carbocycles. The largest absolute Gasteiger partial charge is 0.358 e. The third-order valence-electron chi connectivity index (χ3n) is 1.72. The molecule has 0 bridgehead atoms. The van der Waals surface area contributed by atoms with Gasteiger partial charge in [0, 0.05) is 22.9 Å². The van der Waals surface area contributed by atoms with Crippen molar-refractivity contribution < 1.29 is 0 Å². The van der Waals surface area contributed by atoms with E-state index in [9.17, 15) is 0 Å². The van der Waals surface area contributed by atoms with Crippen LogP contribution < -0.4 is 5.32 Å². The molecule has 1 N–H and O–H groups in total. The monoisotopic (exact) mass is 222 g/mol. The van der Waals surface area contributed by atoms with Crippen LogP contribution in [0.4, 0.5) is 5.13 Å². The molecule has 0 aliphatic rings. The van der Waals surface area contributed by atoms with Crippen LogP contribution >= 0.6 is 22.7 Å². The van der Waals surface area contributed by atoms with E-state index in [0.717, 1.165) is 17.4 Å². The zero-order chi connectivity index (χ0) is 9.80. The zero-order valence-corrected chi connectivity index (χ0v) is 9.20. The third-order valence-corrected chi connectivity index (χ3v) is 3.20. The second-order valence-electron chi connectivity index (χ2n) is 2.72. The Labute approximate surface area is 90.9 Å². The Kier molecular flexibility index (Phi) is 2.96. The topological polar surface area (TPSA) is 24.9 Å². The molecule has 0 unspecified atom stereocenters. The van der Waals surface area contributed by atoms with Crippen LogP contribution in [-0.4, -0.2) is 11.5 Å². The van der Waals surface area contributed by atoms with E-state index in [0.29, 0.717) is 0 Å². The maximum atomic E-state index is 4.46. The molecule has 0 atom stereocenters. The molecule has 0 aliphatic carbocycles. The maximum Gasteiger partial charge on any atom is 0.183 e. The lowest BCUT2D eigenvalue weighted by Crippen LogP contribution is -1.96. The number of thiazole rings is 1. The molecular weight excluding hydrogens is 212 g/mol. The summed E-state index contributed by atoms with van der Waals surface area (Å²) in [5, 5.41) is 10.3. The molecular formula is C10H10N2S2. The minimum absolute atomic E-state index is 0.761. The van der Waals surface area contributed by atoms with E-state index in [1.807, 2.05) is 6.08 Å². The summed E-state index contributed by atoms with van der Waals surface area (Å²) < 4.78 is 0. The summed E-state index contributed by atoms with van der Waals surface area (Å²) in [7, 11) is 0. The zero-order valence-electron chi connectivity index (χ0n) is 7.56. The van der Waals surface area contributed by atoms with Crippen LogP contribution in [0, 0.1) is 0 Å². The number of hydrogen-bond acceptors (Lipinski definition) is 4. The van der Waals surface area contributed by atoms with Crippen LogP contribution in [0.3, 0.4) is 0 Å². The van der Waals surface area contributed by atoms with Crippen LogP contribution in [0.2, 0.25) is 0 Å². The van der Waals surface area contributed by atoms with Crippen molar-refractivity contribution in [3.05, 3.63) is 34.9 Å². The van der Waals surface area contributed by atoms with Crippen LogP contribution in [0.25, 0.3) is 11.3 Å². The number of aromatic nitrogens is 1. The Balaban J connectivity index is 2.14. The highest BCUT2D eigenvalue weighted by Crippen LogP contribution is 2.26. The summed E-state index contributed by atoms with van der Waals surface area (Å²) in [6.45, 7) is 4.41. The van der Waals surface area contributed by atoms with Crippen molar-refractivity contribution in [2.24, 2.45) is 0 Å². The van der Waals surface area contributed by atoms with E-state index in [1.54, 1.807) is 22.7 Å². The lowest BCUT2D eigenvalue weighted by atomic mass is 10.3. The number of nitrogens with zero attached hydrogens (tertiary/aromatic N) is 1. The molecule has 4 heteroatoms. The van der Waals surface area contributed by atoms with Gasteiger partial charge in [-0.15, -0.1) is 17.9 Å². The highest BCUT2D eigenvalue weighted by molar-refractivity contribution is 7.14. The molecule has 2 aromatic rings. The SMILES string of the molecule is C=CCNc1nc(-c2ccsc2)cs1. The van der Waals surface area contributed by atoms with Gasteiger partial charge in [-0.3, -0.25) is 0 Å². The first kappa shape index (κ1) is 9.43. The average Bonchev–Trinajstić information content (AvgIpc) is 2.85. The van der Waals surface area contributed by atoms with Gasteiger partial charge in [-0.05, 0) is 11.4 Å². The highest BCUT2D eigenvalue weighted by Gasteiger charge is 2.03. The molecule has 0 fully saturated rings. The minimum Gasteiger partial charge on any atom is -0.358 e. The summed E-state index contributed by atoms with van der Waals surface area (Å²) in [6, 6.07) is 2.08. The van der Waals surface area contributed by atoms with Crippen molar-refractivity contribution in [1.82, 2.24) is 4.98 Å². The normalized spacial score (nSPS) is 10.0. The first-order valence-electron chi connectivity index (χ1n) is 4.23. The fourth-order valence-corrected chi connectivity index (χ4v) is 2.44. The van der Waals surface area contributed by atoms with E-state index in [1.165, 1.54) is 5.56 Å². The standard InChI is InChI=1S/C10H10N2S2/c1-2-4-11-10-12-9(7-14-10)8-3-5-13-6-8/h2-3,5-7H,1,4H2,(H,11,12). The van der Waals surface area contributed by atoms with Crippen molar-refractivity contribution in [1.29, 1.82) is 0 Å². The summed E-state index contributed by atoms with van der Waals surface area (Å²) in [5.74, 6) is 0. The van der Waals surface area contributed by atoms with Crippen LogP contribution in [0.15, 0.2) is 34.9 Å². The molecule has 14 heavy (non-hydrogen) atoms. The average molecular weight is 222 g/mol. The van der Waals surface area contributed by atoms with Crippen LogP contribution in [0.5, 0.6) is 0 Å². The smallest absolute Gasteiger partial charge is 0.183 e. The molecule has 2 aromatic heterocycles. The number of nitrogens with one attached hydrogen (secondary N) is 1. The number of thiophene rings is 1. The molecule has 0 amide bonds. The predicted molar refractivity (Wildman–Crippen MR) is 64.1 cm³/mol. The maximum absolute atomic E-state index is 4.46. The molecule has 0 spiro atoms. The molecule has 72 valence electrons. The van der Waals surface area contributed by atoms with Crippen LogP contribution in [-0.2, 0) is 0 Å². The van der Waals surface area contributed by atoms with Crippen molar-refractivity contribution in [3.8, 4) is 11.3 Å². The molecule has 2 rings (SSSR count). The third kappa shape index (κ3) is 2.02. The first-order valence-corrected chi connectivity index (χ1v) is 6.05. The molecule has 2 nitrogen and oxygen atoms in total. The van der Waals surface area contributed by atoms with E-state index in [4.69, 9.17) is 0 Å². The van der Waals surface area contributed by atoms with Crippen LogP contribution in [0.1, 0.15) is 0 Å². The van der Waals surface area contributed by atoms with Gasteiger partial charge in [-0.2, -0.15) is 11.3 Å². The molecule has 0 saturated carbocycles. The highest BCUT2D eigenvalue weighted by atomic mass is 32.1. The van der Waals surface area contributed by atoms with Crippen molar-refractivity contribution in [2.75, 3.05) is 11.9 Å². The Hall–Kier alpha value is -1.13. The first-order chi connectivity index (χ1) is 6.90. The summed E-state index contributed by atoms with van der Waals surface area (Å²) >= 11 is 3.31. The van der Waals surface area contributed by atoms with Gasteiger partial charge in [0.15, 0.2) is 5.13 Å². The Morgan fingerprint density at radius 1 is 1.50 bits per heavy atom. The summed E-state index contributed by atoms with van der Waals surface area (Å²) in [4.78, 5) is 4.46. The summed E-state index contributed by atoms with van der Waals surface area (Å²) in [5.41, 5.74) is 2.24. The second kappa shape index (κ2) is 4.39. The van der Waals surface area contributed by atoms with Crippen molar-refractivity contribution in [2.45, 2.75) is 0 Å². The van der Waals surface area contributed by atoms with E-state index in [2.05, 4.69) is 39.1 Å². The molecule has 2 heterocycles. The summed E-state index contributed by atoms with van der Waals surface area (Å²) in [6.07, 6.45) is 1.83. The lowest BCUT2D eigenvalue weighted by Gasteiger charge is -1.94. The van der Waals surface area contributed by atoms with Gasteiger partial charge in [-0.25, -0.2) is 4.98 Å². The van der Waals surface area contributed by atoms with Gasteiger partial charge >= 0.3 is 0 Å². The van der Waals surface area contributed by atoms with Gasteiger partial charge in [0.05, 0.1) is 5.69 Å². The van der Waals surface area contributed by atoms with E-state index in [-0.39, 0.29) is 0 Å². The van der Waals surface area contributed by atoms with Gasteiger partial charge < -0.3 is 5.32 Å². The van der Waals surface area contributed by atoms with Gasteiger partial charge in [0.2, 0.25) is 0 Å². The predicted octanol–water partition coefficient (Wildman–Crippen LogP) is 3.47. The van der Waals surface area contributed by atoms with Crippen molar-refractivity contribution in [3.63, 3.8) is 0 Å².